The number of halogens is 1. The van der Waals surface area contributed by atoms with Crippen molar-refractivity contribution in [3.63, 3.8) is 0 Å². The van der Waals surface area contributed by atoms with E-state index >= 15 is 0 Å². The second-order valence-electron chi connectivity index (χ2n) is 9.09. The van der Waals surface area contributed by atoms with Crippen LogP contribution in [-0.4, -0.2) is 46.5 Å². The molecule has 1 spiro atoms. The van der Waals surface area contributed by atoms with Gasteiger partial charge in [0.25, 0.3) is 0 Å². The summed E-state index contributed by atoms with van der Waals surface area (Å²) in [7, 11) is 0. The zero-order chi connectivity index (χ0) is 24.5. The number of benzene rings is 2. The van der Waals surface area contributed by atoms with E-state index in [4.69, 9.17) is 21.1 Å². The second kappa shape index (κ2) is 7.69. The van der Waals surface area contributed by atoms with Crippen molar-refractivity contribution in [2.75, 3.05) is 12.1 Å². The molecule has 6 rings (SSSR count). The normalized spacial score (nSPS) is 28.0. The summed E-state index contributed by atoms with van der Waals surface area (Å²) in [5, 5.41) is 15.6. The van der Waals surface area contributed by atoms with Crippen LogP contribution in [0.15, 0.2) is 36.4 Å². The predicted molar refractivity (Wildman–Crippen MR) is 121 cm³/mol. The molecule has 0 aliphatic carbocycles. The highest BCUT2D eigenvalue weighted by molar-refractivity contribution is 6.31. The van der Waals surface area contributed by atoms with Crippen LogP contribution in [0.1, 0.15) is 24.0 Å². The number of anilines is 1. The van der Waals surface area contributed by atoms with Crippen LogP contribution in [0.2, 0.25) is 5.02 Å². The van der Waals surface area contributed by atoms with Crippen LogP contribution in [-0.2, 0) is 31.3 Å². The molecule has 3 amide bonds. The van der Waals surface area contributed by atoms with Crippen molar-refractivity contribution in [2.24, 2.45) is 11.8 Å². The van der Waals surface area contributed by atoms with Gasteiger partial charge in [-0.15, -0.1) is 0 Å². The molecule has 35 heavy (non-hydrogen) atoms. The maximum absolute atomic E-state index is 13.8. The number of carboxylic acids is 1. The fourth-order valence-electron chi connectivity index (χ4n) is 5.74. The third kappa shape index (κ3) is 3.13. The number of likely N-dealkylation sites (tertiary alicyclic amines) is 1. The van der Waals surface area contributed by atoms with Gasteiger partial charge in [-0.1, -0.05) is 17.7 Å². The molecular formula is C24H20ClN3O7. The number of carbonyl (C=O) groups excluding carboxylic acids is 3. The van der Waals surface area contributed by atoms with E-state index < -0.39 is 47.1 Å². The first kappa shape index (κ1) is 21.9. The number of ether oxygens (including phenoxy) is 2. The zero-order valence-corrected chi connectivity index (χ0v) is 19.0. The summed E-state index contributed by atoms with van der Waals surface area (Å²) in [6, 6.07) is 9.37. The molecule has 0 aromatic heterocycles. The Labute approximate surface area is 204 Å². The van der Waals surface area contributed by atoms with Crippen LogP contribution in [0.5, 0.6) is 11.5 Å². The zero-order valence-electron chi connectivity index (χ0n) is 18.2. The molecule has 2 aromatic rings. The monoisotopic (exact) mass is 497 g/mol. The number of nitrogens with zero attached hydrogens (tertiary/aromatic N) is 1. The number of fused-ring (bicyclic) bond motifs is 5. The molecule has 4 heterocycles. The number of nitrogens with one attached hydrogen (secondary N) is 2. The molecule has 3 N–H and O–H groups in total. The average Bonchev–Trinajstić information content (AvgIpc) is 3.55. The van der Waals surface area contributed by atoms with Crippen LogP contribution in [0.4, 0.5) is 5.69 Å². The van der Waals surface area contributed by atoms with Crippen molar-refractivity contribution in [1.82, 2.24) is 10.2 Å². The van der Waals surface area contributed by atoms with E-state index in [1.165, 1.54) is 0 Å². The van der Waals surface area contributed by atoms with E-state index in [2.05, 4.69) is 10.6 Å². The molecule has 0 unspecified atom stereocenters. The van der Waals surface area contributed by atoms with E-state index in [0.29, 0.717) is 33.3 Å². The third-order valence-electron chi connectivity index (χ3n) is 7.22. The largest absolute Gasteiger partial charge is 0.481 e. The minimum atomic E-state index is -1.52. The fraction of sp³-hybridized carbons (Fsp3) is 0.333. The Balaban J connectivity index is 1.40. The van der Waals surface area contributed by atoms with Gasteiger partial charge in [-0.25, -0.2) is 0 Å². The van der Waals surface area contributed by atoms with Crippen LogP contribution in [0.25, 0.3) is 0 Å². The molecule has 11 heteroatoms. The molecule has 0 radical (unpaired) electrons. The van der Waals surface area contributed by atoms with E-state index in [9.17, 15) is 24.3 Å². The number of imide groups is 1. The summed E-state index contributed by atoms with van der Waals surface area (Å²) in [6.45, 7) is 0.0914. The van der Waals surface area contributed by atoms with Gasteiger partial charge in [0.1, 0.15) is 5.54 Å². The number of rotatable bonds is 5. The molecule has 2 aromatic carbocycles. The molecule has 0 bridgehead atoms. The van der Waals surface area contributed by atoms with Gasteiger partial charge < -0.3 is 19.9 Å². The Hall–Kier alpha value is -3.63. The summed E-state index contributed by atoms with van der Waals surface area (Å²) in [6.07, 6.45) is -0.136. The van der Waals surface area contributed by atoms with Crippen molar-refractivity contribution < 1.29 is 33.8 Å². The Bertz CT molecular complexity index is 1310. The first-order valence-corrected chi connectivity index (χ1v) is 11.5. The van der Waals surface area contributed by atoms with Crippen LogP contribution < -0.4 is 20.1 Å². The van der Waals surface area contributed by atoms with E-state index in [0.717, 1.165) is 4.90 Å². The Morgan fingerprint density at radius 2 is 1.91 bits per heavy atom. The lowest BCUT2D eigenvalue weighted by atomic mass is 9.76. The Morgan fingerprint density at radius 3 is 2.71 bits per heavy atom. The van der Waals surface area contributed by atoms with Crippen LogP contribution in [0.3, 0.4) is 0 Å². The number of amides is 3. The molecule has 2 fully saturated rings. The first-order valence-electron chi connectivity index (χ1n) is 11.1. The molecule has 4 atom stereocenters. The molecule has 4 aliphatic rings. The standard InChI is InChI=1S/C24H20ClN3O7/c25-12-2-3-14-13(8-12)24(23(33)26-14)20-19(15(27-24)4-6-18(29)30)21(31)28(22(20)32)9-11-1-5-16-17(7-11)35-10-34-16/h1-3,5,7-8,15,19-20,27H,4,6,9-10H2,(H,26,33)(H,29,30)/t15-,19-,20-,24+/m0/s1. The minimum absolute atomic E-state index is 0.00689. The van der Waals surface area contributed by atoms with Crippen molar-refractivity contribution in [3.05, 3.63) is 52.5 Å². The number of hydrogen-bond acceptors (Lipinski definition) is 7. The summed E-state index contributed by atoms with van der Waals surface area (Å²) >= 11 is 6.23. The first-order chi connectivity index (χ1) is 16.8. The highest BCUT2D eigenvalue weighted by atomic mass is 35.5. The van der Waals surface area contributed by atoms with E-state index in [1.807, 2.05) is 0 Å². The van der Waals surface area contributed by atoms with Crippen molar-refractivity contribution in [3.8, 4) is 11.5 Å². The fourth-order valence-corrected chi connectivity index (χ4v) is 5.91. The average molecular weight is 498 g/mol. The van der Waals surface area contributed by atoms with Crippen LogP contribution in [0, 0.1) is 11.8 Å². The predicted octanol–water partition coefficient (Wildman–Crippen LogP) is 1.85. The van der Waals surface area contributed by atoms with Gasteiger partial charge in [0, 0.05) is 28.7 Å². The lowest BCUT2D eigenvalue weighted by molar-refractivity contribution is -0.144. The Morgan fingerprint density at radius 1 is 1.11 bits per heavy atom. The lowest BCUT2D eigenvalue weighted by Crippen LogP contribution is -2.53. The molecular weight excluding hydrogens is 478 g/mol. The Kier molecular flexibility index (Phi) is 4.81. The lowest BCUT2D eigenvalue weighted by Gasteiger charge is -2.29. The molecule has 10 nitrogen and oxygen atoms in total. The highest BCUT2D eigenvalue weighted by Crippen LogP contribution is 2.54. The van der Waals surface area contributed by atoms with Crippen molar-refractivity contribution in [1.29, 1.82) is 0 Å². The molecule has 180 valence electrons. The minimum Gasteiger partial charge on any atom is -0.481 e. The highest BCUT2D eigenvalue weighted by Gasteiger charge is 2.70. The topological polar surface area (TPSA) is 134 Å². The smallest absolute Gasteiger partial charge is 0.303 e. The van der Waals surface area contributed by atoms with Gasteiger partial charge in [-0.3, -0.25) is 29.4 Å². The van der Waals surface area contributed by atoms with E-state index in [1.54, 1.807) is 36.4 Å². The van der Waals surface area contributed by atoms with Gasteiger partial charge in [0.15, 0.2) is 11.5 Å². The number of aliphatic carboxylic acids is 1. The molecule has 0 saturated carbocycles. The summed E-state index contributed by atoms with van der Waals surface area (Å²) in [5.74, 6) is -3.26. The third-order valence-corrected chi connectivity index (χ3v) is 7.45. The molecule has 2 saturated heterocycles. The molecule has 4 aliphatic heterocycles. The maximum atomic E-state index is 13.8. The summed E-state index contributed by atoms with van der Waals surface area (Å²) < 4.78 is 10.7. The maximum Gasteiger partial charge on any atom is 0.303 e. The van der Waals surface area contributed by atoms with Crippen molar-refractivity contribution in [2.45, 2.75) is 31.0 Å². The summed E-state index contributed by atoms with van der Waals surface area (Å²) in [5.41, 5.74) is 0.122. The number of hydrogen-bond donors (Lipinski definition) is 3. The van der Waals surface area contributed by atoms with Gasteiger partial charge >= 0.3 is 5.97 Å². The van der Waals surface area contributed by atoms with Crippen molar-refractivity contribution >= 4 is 41.0 Å². The number of carboxylic acid groups (broad SMARTS) is 1. The quantitative estimate of drug-likeness (QED) is 0.533. The van der Waals surface area contributed by atoms with Gasteiger partial charge in [-0.2, -0.15) is 0 Å². The second-order valence-corrected chi connectivity index (χ2v) is 9.53. The van der Waals surface area contributed by atoms with Gasteiger partial charge in [-0.05, 0) is 42.3 Å². The summed E-state index contributed by atoms with van der Waals surface area (Å²) in [4.78, 5) is 53.3. The van der Waals surface area contributed by atoms with Gasteiger partial charge in [0.05, 0.1) is 18.4 Å². The number of carbonyl (C=O) groups is 4. The van der Waals surface area contributed by atoms with Crippen LogP contribution >= 0.6 is 11.6 Å². The SMILES string of the molecule is O=C(O)CC[C@@H]1N[C@@]2(C(=O)Nc3ccc(Cl)cc32)[C@@H]2C(=O)N(Cc3ccc4c(c3)OCO4)C(=O)[C@@H]12. The van der Waals surface area contributed by atoms with E-state index in [-0.39, 0.29) is 26.2 Å². The van der Waals surface area contributed by atoms with Gasteiger partial charge in [0.2, 0.25) is 24.5 Å².